The summed E-state index contributed by atoms with van der Waals surface area (Å²) >= 11 is 0. The van der Waals surface area contributed by atoms with Crippen LogP contribution < -0.4 is 10.6 Å². The van der Waals surface area contributed by atoms with Crippen molar-refractivity contribution in [1.82, 2.24) is 5.32 Å². The SMILES string of the molecule is CC(C)(C)OC(=O)NC/C(=C\F)C(O)c1ccc2c(c1)C1CCCC1C(=O)N2. The number of carbonyl (C=O) groups is 2. The van der Waals surface area contributed by atoms with E-state index in [4.69, 9.17) is 4.74 Å². The zero-order valence-electron chi connectivity index (χ0n) is 16.4. The van der Waals surface area contributed by atoms with Gasteiger partial charge in [-0.1, -0.05) is 18.6 Å². The predicted molar refractivity (Wildman–Crippen MR) is 104 cm³/mol. The average Bonchev–Trinajstić information content (AvgIpc) is 3.11. The fourth-order valence-electron chi connectivity index (χ4n) is 3.94. The normalized spacial score (nSPS) is 22.8. The first-order chi connectivity index (χ1) is 13.2. The highest BCUT2D eigenvalue weighted by Gasteiger charge is 2.39. The fourth-order valence-corrected chi connectivity index (χ4v) is 3.94. The molecule has 6 nitrogen and oxygen atoms in total. The molecule has 3 atom stereocenters. The first-order valence-electron chi connectivity index (χ1n) is 9.58. The first-order valence-corrected chi connectivity index (χ1v) is 9.58. The van der Waals surface area contributed by atoms with Crippen LogP contribution in [0.1, 0.15) is 63.2 Å². The third kappa shape index (κ3) is 4.35. The topological polar surface area (TPSA) is 87.7 Å². The van der Waals surface area contributed by atoms with Crippen molar-refractivity contribution in [3.8, 4) is 0 Å². The number of hydrogen-bond donors (Lipinski definition) is 3. The van der Waals surface area contributed by atoms with Crippen LogP contribution >= 0.6 is 0 Å². The Kier molecular flexibility index (Phi) is 5.74. The number of rotatable bonds is 4. The summed E-state index contributed by atoms with van der Waals surface area (Å²) < 4.78 is 18.5. The molecule has 0 radical (unpaired) electrons. The van der Waals surface area contributed by atoms with Gasteiger partial charge in [0.05, 0.1) is 6.33 Å². The van der Waals surface area contributed by atoms with Crippen LogP contribution in [0, 0.1) is 5.92 Å². The van der Waals surface area contributed by atoms with Gasteiger partial charge in [0.2, 0.25) is 5.91 Å². The van der Waals surface area contributed by atoms with E-state index in [9.17, 15) is 19.1 Å². The summed E-state index contributed by atoms with van der Waals surface area (Å²) in [6, 6.07) is 5.24. The van der Waals surface area contributed by atoms with Crippen molar-refractivity contribution in [2.24, 2.45) is 5.92 Å². The summed E-state index contributed by atoms with van der Waals surface area (Å²) in [5, 5.41) is 16.0. The molecule has 1 saturated carbocycles. The second-order valence-corrected chi connectivity index (χ2v) is 8.42. The molecule has 1 fully saturated rings. The monoisotopic (exact) mass is 390 g/mol. The molecular formula is C21H27FN2O4. The van der Waals surface area contributed by atoms with Crippen LogP contribution in [0.4, 0.5) is 14.9 Å². The van der Waals surface area contributed by atoms with Crippen molar-refractivity contribution in [1.29, 1.82) is 0 Å². The summed E-state index contributed by atoms with van der Waals surface area (Å²) in [5.74, 6) is 0.146. The highest BCUT2D eigenvalue weighted by molar-refractivity contribution is 5.97. The van der Waals surface area contributed by atoms with Gasteiger partial charge in [-0.15, -0.1) is 0 Å². The molecule has 1 aromatic carbocycles. The van der Waals surface area contributed by atoms with Crippen LogP contribution in [-0.4, -0.2) is 29.3 Å². The summed E-state index contributed by atoms with van der Waals surface area (Å²) in [6.07, 6.45) is 1.20. The minimum absolute atomic E-state index is 0.0219. The van der Waals surface area contributed by atoms with Crippen LogP contribution in [0.25, 0.3) is 0 Å². The number of benzene rings is 1. The summed E-state index contributed by atoms with van der Waals surface area (Å²) in [7, 11) is 0. The molecule has 3 unspecified atom stereocenters. The smallest absolute Gasteiger partial charge is 0.407 e. The van der Waals surface area contributed by atoms with E-state index in [1.165, 1.54) is 0 Å². The van der Waals surface area contributed by atoms with E-state index in [1.807, 2.05) is 6.07 Å². The van der Waals surface area contributed by atoms with Crippen LogP contribution in [0.2, 0.25) is 0 Å². The zero-order valence-corrected chi connectivity index (χ0v) is 16.4. The summed E-state index contributed by atoms with van der Waals surface area (Å²) in [5.41, 5.74) is 1.62. The zero-order chi connectivity index (χ0) is 20.5. The van der Waals surface area contributed by atoms with Crippen molar-refractivity contribution in [2.75, 3.05) is 11.9 Å². The van der Waals surface area contributed by atoms with Gasteiger partial charge in [0.1, 0.15) is 11.7 Å². The van der Waals surface area contributed by atoms with Gasteiger partial charge in [0, 0.05) is 23.7 Å². The van der Waals surface area contributed by atoms with Gasteiger partial charge in [0.15, 0.2) is 0 Å². The lowest BCUT2D eigenvalue weighted by atomic mass is 9.82. The molecule has 7 heteroatoms. The molecule has 3 rings (SSSR count). The van der Waals surface area contributed by atoms with Gasteiger partial charge in [-0.25, -0.2) is 9.18 Å². The highest BCUT2D eigenvalue weighted by atomic mass is 19.1. The van der Waals surface area contributed by atoms with Gasteiger partial charge in [-0.3, -0.25) is 4.79 Å². The Bertz CT molecular complexity index is 800. The predicted octanol–water partition coefficient (Wildman–Crippen LogP) is 3.93. The number of carbonyl (C=O) groups excluding carboxylic acids is 2. The maximum absolute atomic E-state index is 13.4. The van der Waals surface area contributed by atoms with E-state index in [0.29, 0.717) is 11.9 Å². The average molecular weight is 390 g/mol. The number of alkyl carbamates (subject to hydrolysis) is 1. The van der Waals surface area contributed by atoms with E-state index in [-0.39, 0.29) is 29.9 Å². The molecule has 2 aliphatic rings. The van der Waals surface area contributed by atoms with Crippen LogP contribution in [0.15, 0.2) is 30.1 Å². The number of nitrogens with one attached hydrogen (secondary N) is 2. The van der Waals surface area contributed by atoms with Crippen molar-refractivity contribution < 1.29 is 23.8 Å². The van der Waals surface area contributed by atoms with Gasteiger partial charge in [0.25, 0.3) is 0 Å². The Morgan fingerprint density at radius 2 is 2.11 bits per heavy atom. The van der Waals surface area contributed by atoms with E-state index in [2.05, 4.69) is 10.6 Å². The summed E-state index contributed by atoms with van der Waals surface area (Å²) in [6.45, 7) is 5.02. The van der Waals surface area contributed by atoms with Gasteiger partial charge in [-0.2, -0.15) is 0 Å². The lowest BCUT2D eigenvalue weighted by Gasteiger charge is -2.29. The van der Waals surface area contributed by atoms with Crippen molar-refractivity contribution in [3.05, 3.63) is 41.2 Å². The van der Waals surface area contributed by atoms with Crippen LogP contribution in [0.3, 0.4) is 0 Å². The molecule has 0 spiro atoms. The van der Waals surface area contributed by atoms with Gasteiger partial charge >= 0.3 is 6.09 Å². The second-order valence-electron chi connectivity index (χ2n) is 8.42. The molecule has 0 aromatic heterocycles. The van der Waals surface area contributed by atoms with Crippen molar-refractivity contribution >= 4 is 17.7 Å². The number of anilines is 1. The van der Waals surface area contributed by atoms with Gasteiger partial charge < -0.3 is 20.5 Å². The third-order valence-electron chi connectivity index (χ3n) is 5.23. The lowest BCUT2D eigenvalue weighted by molar-refractivity contribution is -0.120. The number of hydrogen-bond acceptors (Lipinski definition) is 4. The van der Waals surface area contributed by atoms with Crippen LogP contribution in [0.5, 0.6) is 0 Å². The Balaban J connectivity index is 1.73. The van der Waals surface area contributed by atoms with Crippen molar-refractivity contribution in [2.45, 2.75) is 57.7 Å². The van der Waals surface area contributed by atoms with E-state index in [0.717, 1.165) is 30.5 Å². The number of aliphatic hydroxyl groups excluding tert-OH is 1. The largest absolute Gasteiger partial charge is 0.444 e. The minimum atomic E-state index is -1.21. The molecule has 152 valence electrons. The number of fused-ring (bicyclic) bond motifs is 3. The first kappa shape index (κ1) is 20.3. The quantitative estimate of drug-likeness (QED) is 0.727. The Morgan fingerprint density at radius 3 is 2.79 bits per heavy atom. The third-order valence-corrected chi connectivity index (χ3v) is 5.23. The molecule has 0 bridgehead atoms. The minimum Gasteiger partial charge on any atom is -0.444 e. The molecule has 1 heterocycles. The number of halogens is 1. The Hall–Kier alpha value is -2.41. The lowest BCUT2D eigenvalue weighted by Crippen LogP contribution is -2.34. The Morgan fingerprint density at radius 1 is 1.39 bits per heavy atom. The molecule has 1 aliphatic carbocycles. The molecule has 0 saturated heterocycles. The molecule has 3 N–H and O–H groups in total. The number of ether oxygens (including phenoxy) is 1. The molecule has 28 heavy (non-hydrogen) atoms. The van der Waals surface area contributed by atoms with E-state index in [1.54, 1.807) is 32.9 Å². The molecule has 2 amide bonds. The number of aliphatic hydroxyl groups is 1. The molecular weight excluding hydrogens is 363 g/mol. The maximum Gasteiger partial charge on any atom is 0.407 e. The second kappa shape index (κ2) is 7.91. The standard InChI is InChI=1S/C21H27FN2O4/c1-21(2,3)28-20(27)23-11-13(10-22)18(25)12-7-8-17-16(9-12)14-5-4-6-15(14)19(26)24-17/h7-10,14-15,18,25H,4-6,11H2,1-3H3,(H,23,27)(H,24,26)/b13-10+. The maximum atomic E-state index is 13.4. The molecule has 1 aliphatic heterocycles. The van der Waals surface area contributed by atoms with Crippen LogP contribution in [-0.2, 0) is 9.53 Å². The fraction of sp³-hybridized carbons (Fsp3) is 0.524. The summed E-state index contributed by atoms with van der Waals surface area (Å²) in [4.78, 5) is 24.0. The van der Waals surface area contributed by atoms with E-state index >= 15 is 0 Å². The van der Waals surface area contributed by atoms with E-state index < -0.39 is 17.8 Å². The van der Waals surface area contributed by atoms with Gasteiger partial charge in [-0.05, 0) is 56.7 Å². The highest BCUT2D eigenvalue weighted by Crippen LogP contribution is 2.46. The van der Waals surface area contributed by atoms with Crippen molar-refractivity contribution in [3.63, 3.8) is 0 Å². The molecule has 1 aromatic rings. The Labute approximate surface area is 164 Å². The number of amides is 2.